The molecule has 90 heavy (non-hydrogen) atoms. The molecule has 0 aliphatic carbocycles. The van der Waals surface area contributed by atoms with Crippen molar-refractivity contribution in [1.29, 1.82) is 0 Å². The maximum atomic E-state index is 13.6. The van der Waals surface area contributed by atoms with Crippen LogP contribution in [0.3, 0.4) is 0 Å². The Morgan fingerprint density at radius 3 is 1.03 bits per heavy atom. The van der Waals surface area contributed by atoms with Crippen LogP contribution < -0.4 is 5.32 Å². The molecule has 0 rings (SSSR count). The number of carbonyl (C=O) groups excluding carboxylic acids is 2. The number of hydrogen-bond donors (Lipinski definition) is 2. The summed E-state index contributed by atoms with van der Waals surface area (Å²) in [7, 11) is 1.49. The van der Waals surface area contributed by atoms with Crippen molar-refractivity contribution in [2.45, 2.75) is 348 Å². The van der Waals surface area contributed by atoms with Gasteiger partial charge in [-0.1, -0.05) is 310 Å². The fourth-order valence-electron chi connectivity index (χ4n) is 10.6. The quantitative estimate of drug-likeness (QED) is 0.0205. The number of unbranched alkanes of at least 4 members (excludes halogenated alkanes) is 36. The zero-order valence-electron chi connectivity index (χ0n) is 59.6. The van der Waals surface area contributed by atoms with Crippen molar-refractivity contribution in [2.75, 3.05) is 40.9 Å². The zero-order chi connectivity index (χ0) is 65.6. The lowest BCUT2D eigenvalue weighted by atomic mass is 10.0. The van der Waals surface area contributed by atoms with Crippen LogP contribution in [0.25, 0.3) is 0 Å². The number of hydrogen-bond acceptors (Lipinski definition) is 6. The maximum absolute atomic E-state index is 13.6. The van der Waals surface area contributed by atoms with Crippen molar-refractivity contribution < 1.29 is 37.3 Å². The molecule has 520 valence electrons. The largest absolute Gasteiger partial charge is 0.472 e. The SMILES string of the molecule is CCCCC/C=C\C/C=C\C/C=C\C/C=C\CCCCCCCCCCCCCC(=O)NC(COP(=O)(O)OCC[N+](C)(C)C)C(/C=C/CCCCCCCCCCCC)OC(=O)CCCCCCCCCCC/C=C\C/C=C\C/C=C\C/C=C\CCCCC. The highest BCUT2D eigenvalue weighted by Gasteiger charge is 2.30. The highest BCUT2D eigenvalue weighted by Crippen LogP contribution is 2.43. The van der Waals surface area contributed by atoms with Gasteiger partial charge >= 0.3 is 13.8 Å². The molecule has 0 saturated heterocycles. The molecule has 0 fully saturated rings. The summed E-state index contributed by atoms with van der Waals surface area (Å²) >= 11 is 0. The van der Waals surface area contributed by atoms with E-state index in [1.807, 2.05) is 33.3 Å². The minimum Gasteiger partial charge on any atom is -0.456 e. The number of likely N-dealkylation sites (N-methyl/N-ethyl adjacent to an activating group) is 1. The van der Waals surface area contributed by atoms with E-state index in [-0.39, 0.29) is 31.5 Å². The van der Waals surface area contributed by atoms with E-state index in [0.717, 1.165) is 109 Å². The second-order valence-electron chi connectivity index (χ2n) is 26.5. The Labute approximate surface area is 557 Å². The van der Waals surface area contributed by atoms with Crippen molar-refractivity contribution >= 4 is 19.7 Å². The van der Waals surface area contributed by atoms with E-state index in [4.69, 9.17) is 13.8 Å². The summed E-state index contributed by atoms with van der Waals surface area (Å²) in [6, 6.07) is -0.861. The highest BCUT2D eigenvalue weighted by molar-refractivity contribution is 7.47. The van der Waals surface area contributed by atoms with Gasteiger partial charge in [0.25, 0.3) is 0 Å². The van der Waals surface area contributed by atoms with Crippen LogP contribution in [-0.4, -0.2) is 74.3 Å². The summed E-state index contributed by atoms with van der Waals surface area (Å²) in [5.41, 5.74) is 0. The Hall–Kier alpha value is -3.33. The van der Waals surface area contributed by atoms with E-state index in [1.54, 1.807) is 0 Å². The van der Waals surface area contributed by atoms with Gasteiger partial charge in [-0.3, -0.25) is 18.6 Å². The van der Waals surface area contributed by atoms with Crippen molar-refractivity contribution in [3.8, 4) is 0 Å². The Morgan fingerprint density at radius 2 is 0.678 bits per heavy atom. The van der Waals surface area contributed by atoms with Gasteiger partial charge in [-0.05, 0) is 122 Å². The lowest BCUT2D eigenvalue weighted by Gasteiger charge is -2.27. The summed E-state index contributed by atoms with van der Waals surface area (Å²) in [6.07, 6.45) is 95.3. The number of phosphoric ester groups is 1. The van der Waals surface area contributed by atoms with Crippen molar-refractivity contribution in [3.05, 3.63) is 109 Å². The van der Waals surface area contributed by atoms with Crippen LogP contribution in [0.4, 0.5) is 0 Å². The molecule has 3 atom stereocenters. The standard InChI is InChI=1S/C80H143N2O7P/c1-7-10-13-16-19-22-25-28-30-32-34-36-38-40-41-43-44-46-48-50-52-54-57-60-63-66-69-72-79(83)81-77(76-88-90(85,86)87-75-74-82(4,5)6)78(71-68-65-62-59-56-27-24-21-18-15-12-9-3)89-80(84)73-70-67-64-61-58-55-53-51-49-47-45-42-39-37-35-33-31-29-26-23-20-17-14-11-8-2/h19-20,22-23,28-31,34-37,40-42,45,68,71,77-78H,7-18,21,24-27,32-33,38-39,43-44,46-67,69-70,72-76H2,1-6H3,(H-,81,83,85,86)/p+1/b22-19-,23-20-,30-28-,31-29-,36-34-,37-35-,41-40-,45-42-,71-68+. The molecule has 0 aromatic rings. The monoisotopic (exact) mass is 1280 g/mol. The maximum Gasteiger partial charge on any atom is 0.472 e. The number of esters is 1. The van der Waals surface area contributed by atoms with Crippen LogP contribution in [0.5, 0.6) is 0 Å². The van der Waals surface area contributed by atoms with Crippen molar-refractivity contribution in [2.24, 2.45) is 0 Å². The number of rotatable bonds is 68. The van der Waals surface area contributed by atoms with E-state index in [9.17, 15) is 19.0 Å². The minimum absolute atomic E-state index is 0.0344. The summed E-state index contributed by atoms with van der Waals surface area (Å²) < 4.78 is 30.9. The average Bonchev–Trinajstić information content (AvgIpc) is 3.04. The number of nitrogens with one attached hydrogen (secondary N) is 1. The number of phosphoric acid groups is 1. The highest BCUT2D eigenvalue weighted by atomic mass is 31.2. The second-order valence-corrected chi connectivity index (χ2v) is 27.9. The topological polar surface area (TPSA) is 111 Å². The molecule has 10 heteroatoms. The first-order chi connectivity index (χ1) is 43.9. The third kappa shape index (κ3) is 69.0. The van der Waals surface area contributed by atoms with Gasteiger partial charge in [0.05, 0.1) is 33.8 Å². The zero-order valence-corrected chi connectivity index (χ0v) is 60.5. The lowest BCUT2D eigenvalue weighted by molar-refractivity contribution is -0.870. The van der Waals surface area contributed by atoms with Crippen LogP contribution in [0.15, 0.2) is 109 Å². The molecule has 9 nitrogen and oxygen atoms in total. The van der Waals surface area contributed by atoms with Gasteiger partial charge in [-0.25, -0.2) is 4.57 Å². The molecule has 2 N–H and O–H groups in total. The fraction of sp³-hybridized carbons (Fsp3) is 0.750. The first-order valence-corrected chi connectivity index (χ1v) is 39.2. The van der Waals surface area contributed by atoms with E-state index in [0.29, 0.717) is 17.4 Å². The number of carbonyl (C=O) groups is 2. The van der Waals surface area contributed by atoms with Crippen LogP contribution in [0.2, 0.25) is 0 Å². The van der Waals surface area contributed by atoms with Crippen LogP contribution in [0, 0.1) is 0 Å². The first kappa shape index (κ1) is 86.7. The molecule has 0 saturated carbocycles. The van der Waals surface area contributed by atoms with Crippen LogP contribution >= 0.6 is 7.82 Å². The molecule has 0 aromatic heterocycles. The van der Waals surface area contributed by atoms with Gasteiger partial charge in [-0.15, -0.1) is 0 Å². The molecular weight excluding hydrogens is 1130 g/mol. The summed E-state index contributed by atoms with van der Waals surface area (Å²) in [5, 5.41) is 3.07. The molecule has 0 bridgehead atoms. The van der Waals surface area contributed by atoms with Gasteiger partial charge in [0.2, 0.25) is 5.91 Å². The van der Waals surface area contributed by atoms with Crippen molar-refractivity contribution in [1.82, 2.24) is 5.32 Å². The fourth-order valence-corrected chi connectivity index (χ4v) is 11.4. The predicted octanol–water partition coefficient (Wildman–Crippen LogP) is 24.4. The molecule has 0 aliphatic rings. The molecule has 0 radical (unpaired) electrons. The normalized spacial score (nSPS) is 14.1. The van der Waals surface area contributed by atoms with E-state index >= 15 is 0 Å². The molecule has 3 unspecified atom stereocenters. The summed E-state index contributed by atoms with van der Waals surface area (Å²) in [6.45, 7) is 6.97. The first-order valence-electron chi connectivity index (χ1n) is 37.7. The Balaban J connectivity index is 5.03. The summed E-state index contributed by atoms with van der Waals surface area (Å²) in [5.74, 6) is -0.512. The smallest absolute Gasteiger partial charge is 0.456 e. The minimum atomic E-state index is -4.47. The van der Waals surface area contributed by atoms with Gasteiger partial charge in [-0.2, -0.15) is 0 Å². The lowest BCUT2D eigenvalue weighted by Crippen LogP contribution is -2.47. The predicted molar refractivity (Wildman–Crippen MR) is 392 cm³/mol. The number of allylic oxidation sites excluding steroid dienone is 17. The van der Waals surface area contributed by atoms with Crippen LogP contribution in [-0.2, 0) is 27.9 Å². The molecular formula is C80H144N2O7P+. The Kier molecular flexibility index (Phi) is 66.0. The number of ether oxygens (including phenoxy) is 1. The Morgan fingerprint density at radius 1 is 0.389 bits per heavy atom. The van der Waals surface area contributed by atoms with E-state index in [1.165, 1.54) is 193 Å². The third-order valence-corrected chi connectivity index (χ3v) is 17.4. The second kappa shape index (κ2) is 68.5. The van der Waals surface area contributed by atoms with Crippen LogP contribution in [0.1, 0.15) is 335 Å². The average molecular weight is 1280 g/mol. The van der Waals surface area contributed by atoms with Gasteiger partial charge in [0, 0.05) is 12.8 Å². The number of amides is 1. The van der Waals surface area contributed by atoms with Gasteiger partial charge < -0.3 is 19.4 Å². The van der Waals surface area contributed by atoms with E-state index < -0.39 is 20.0 Å². The molecule has 1 amide bonds. The molecule has 0 aromatic carbocycles. The molecule has 0 aliphatic heterocycles. The third-order valence-electron chi connectivity index (χ3n) is 16.4. The van der Waals surface area contributed by atoms with Gasteiger partial charge in [0.15, 0.2) is 0 Å². The molecule has 0 heterocycles. The van der Waals surface area contributed by atoms with E-state index in [2.05, 4.69) is 123 Å². The number of nitrogens with zero attached hydrogens (tertiary/aromatic N) is 1. The molecule has 0 spiro atoms. The van der Waals surface area contributed by atoms with Crippen molar-refractivity contribution in [3.63, 3.8) is 0 Å². The van der Waals surface area contributed by atoms with Gasteiger partial charge in [0.1, 0.15) is 19.3 Å². The number of quaternary nitrogens is 1. The summed E-state index contributed by atoms with van der Waals surface area (Å²) in [4.78, 5) is 38.0. The Bertz CT molecular complexity index is 1910.